The highest BCUT2D eigenvalue weighted by Gasteiger charge is 2.35. The van der Waals surface area contributed by atoms with E-state index in [1.807, 2.05) is 37.4 Å². The number of benzene rings is 1. The number of rotatable bonds is 7. The Morgan fingerprint density at radius 2 is 1.77 bits per heavy atom. The van der Waals surface area contributed by atoms with Gasteiger partial charge in [0, 0.05) is 5.56 Å². The van der Waals surface area contributed by atoms with Gasteiger partial charge in [0.2, 0.25) is 10.6 Å². The Bertz CT molecular complexity index is 950. The van der Waals surface area contributed by atoms with E-state index in [2.05, 4.69) is 20.3 Å². The monoisotopic (exact) mass is 393 g/mol. The predicted octanol–water partition coefficient (Wildman–Crippen LogP) is 3.11. The van der Waals surface area contributed by atoms with Gasteiger partial charge in [-0.2, -0.15) is 9.50 Å². The van der Waals surface area contributed by atoms with E-state index < -0.39 is 7.60 Å². The molecule has 2 heterocycles. The van der Waals surface area contributed by atoms with Gasteiger partial charge in [-0.25, -0.2) is 0 Å². The van der Waals surface area contributed by atoms with Crippen molar-refractivity contribution in [1.82, 2.24) is 24.8 Å². The lowest BCUT2D eigenvalue weighted by molar-refractivity contribution is 0.229. The summed E-state index contributed by atoms with van der Waals surface area (Å²) in [5, 5.41) is 13.3. The topological polar surface area (TPSA) is 91.5 Å². The molecule has 1 aromatic carbocycles. The van der Waals surface area contributed by atoms with Crippen LogP contribution in [0, 0.1) is 6.92 Å². The number of hydrogen-bond acceptors (Lipinski definition) is 8. The van der Waals surface area contributed by atoms with Crippen molar-refractivity contribution < 1.29 is 13.6 Å². The number of thioether (sulfide) groups is 1. The maximum atomic E-state index is 13.4. The van der Waals surface area contributed by atoms with Crippen LogP contribution in [0.25, 0.3) is 17.0 Å². The Kier molecular flexibility index (Phi) is 5.72. The number of hydrogen-bond donors (Lipinski definition) is 0. The molecular weight excluding hydrogens is 373 g/mol. The molecule has 0 atom stereocenters. The van der Waals surface area contributed by atoms with E-state index in [4.69, 9.17) is 9.05 Å². The lowest BCUT2D eigenvalue weighted by atomic mass is 10.1. The first-order valence-electron chi connectivity index (χ1n) is 8.16. The van der Waals surface area contributed by atoms with E-state index in [9.17, 15) is 4.57 Å². The Balaban J connectivity index is 2.33. The molecule has 3 aromatic rings. The summed E-state index contributed by atoms with van der Waals surface area (Å²) in [6, 6.07) is 7.75. The summed E-state index contributed by atoms with van der Waals surface area (Å²) in [5.41, 5.74) is 2.53. The fraction of sp³-hybridized carbons (Fsp3) is 0.375. The average Bonchev–Trinajstić information content (AvgIpc) is 3.05. The Labute approximate surface area is 155 Å². The van der Waals surface area contributed by atoms with Crippen molar-refractivity contribution >= 4 is 30.6 Å². The summed E-state index contributed by atoms with van der Waals surface area (Å²) < 4.78 is 25.9. The van der Waals surface area contributed by atoms with E-state index in [1.54, 1.807) is 18.4 Å². The van der Waals surface area contributed by atoms with Crippen molar-refractivity contribution in [2.24, 2.45) is 0 Å². The minimum absolute atomic E-state index is 0.134. The highest BCUT2D eigenvalue weighted by molar-refractivity contribution is 7.98. The van der Waals surface area contributed by atoms with Gasteiger partial charge in [-0.15, -0.1) is 15.3 Å². The molecule has 0 aliphatic rings. The van der Waals surface area contributed by atoms with Gasteiger partial charge < -0.3 is 9.05 Å². The first kappa shape index (κ1) is 19.0. The van der Waals surface area contributed by atoms with Crippen LogP contribution in [0.4, 0.5) is 0 Å². The van der Waals surface area contributed by atoms with Crippen molar-refractivity contribution in [2.45, 2.75) is 25.9 Å². The molecule has 138 valence electrons. The lowest BCUT2D eigenvalue weighted by Gasteiger charge is -2.18. The first-order chi connectivity index (χ1) is 12.5. The molecule has 0 aliphatic carbocycles. The molecule has 0 radical (unpaired) electrons. The summed E-state index contributed by atoms with van der Waals surface area (Å²) >= 11 is 1.39. The number of aryl methyl sites for hydroxylation is 1. The summed E-state index contributed by atoms with van der Waals surface area (Å²) in [4.78, 5) is 4.32. The molecule has 0 saturated heterocycles. The maximum Gasteiger partial charge on any atom is 0.383 e. The second-order valence-electron chi connectivity index (χ2n) is 5.38. The van der Waals surface area contributed by atoms with Crippen LogP contribution in [0.3, 0.4) is 0 Å². The molecule has 0 saturated carbocycles. The van der Waals surface area contributed by atoms with Crippen LogP contribution in [0.5, 0.6) is 0 Å². The Hall–Kier alpha value is -1.80. The standard InChI is InChI=1S/C16H20N5O3PS/c1-5-23-25(22,24-6-2)14-13(12-9-7-11(3)8-10-12)21-15(19-18-14)17-16(20-21)26-4/h7-10H,5-6H2,1-4H3. The molecule has 0 amide bonds. The SMILES string of the molecule is CCOP(=O)(OCC)c1nnc2nc(SC)nn2c1-c1ccc(C)cc1. The Morgan fingerprint density at radius 3 is 2.35 bits per heavy atom. The van der Waals surface area contributed by atoms with Gasteiger partial charge in [0.25, 0.3) is 5.78 Å². The quantitative estimate of drug-likeness (QED) is 0.447. The molecule has 0 bridgehead atoms. The van der Waals surface area contributed by atoms with Crippen LogP contribution in [-0.4, -0.2) is 44.3 Å². The fourth-order valence-electron chi connectivity index (χ4n) is 2.47. The number of fused-ring (bicyclic) bond motifs is 1. The average molecular weight is 393 g/mol. The normalized spacial score (nSPS) is 12.0. The van der Waals surface area contributed by atoms with Crippen molar-refractivity contribution in [3.63, 3.8) is 0 Å². The van der Waals surface area contributed by atoms with Crippen LogP contribution in [-0.2, 0) is 13.6 Å². The van der Waals surface area contributed by atoms with Gasteiger partial charge in [-0.3, -0.25) is 4.57 Å². The van der Waals surface area contributed by atoms with Crippen LogP contribution < -0.4 is 5.44 Å². The Morgan fingerprint density at radius 1 is 1.12 bits per heavy atom. The van der Waals surface area contributed by atoms with Gasteiger partial charge >= 0.3 is 7.60 Å². The zero-order chi connectivity index (χ0) is 18.7. The third-order valence-electron chi connectivity index (χ3n) is 3.59. The van der Waals surface area contributed by atoms with Crippen LogP contribution >= 0.6 is 19.4 Å². The molecule has 8 nitrogen and oxygen atoms in total. The molecule has 3 rings (SSSR count). The van der Waals surface area contributed by atoms with E-state index in [1.165, 1.54) is 11.8 Å². The zero-order valence-electron chi connectivity index (χ0n) is 15.0. The third kappa shape index (κ3) is 3.53. The molecule has 2 aromatic heterocycles. The van der Waals surface area contributed by atoms with Gasteiger partial charge in [0.05, 0.1) is 13.2 Å². The van der Waals surface area contributed by atoms with Crippen LogP contribution in [0.2, 0.25) is 0 Å². The first-order valence-corrected chi connectivity index (χ1v) is 10.9. The summed E-state index contributed by atoms with van der Waals surface area (Å²) in [6.45, 7) is 5.95. The number of aromatic nitrogens is 5. The highest BCUT2D eigenvalue weighted by atomic mass is 32.2. The molecule has 0 N–H and O–H groups in total. The van der Waals surface area contributed by atoms with Gasteiger partial charge in [-0.05, 0) is 27.0 Å². The van der Waals surface area contributed by atoms with Gasteiger partial charge in [0.15, 0.2) is 0 Å². The van der Waals surface area contributed by atoms with E-state index in [0.29, 0.717) is 16.6 Å². The van der Waals surface area contributed by atoms with Crippen LogP contribution in [0.1, 0.15) is 19.4 Å². The minimum Gasteiger partial charge on any atom is -0.304 e. The molecule has 0 aliphatic heterocycles. The smallest absolute Gasteiger partial charge is 0.304 e. The van der Waals surface area contributed by atoms with E-state index in [0.717, 1.165) is 11.1 Å². The largest absolute Gasteiger partial charge is 0.383 e. The summed E-state index contributed by atoms with van der Waals surface area (Å²) in [7, 11) is -3.66. The molecule has 0 spiro atoms. The molecule has 0 unspecified atom stereocenters. The van der Waals surface area contributed by atoms with E-state index >= 15 is 0 Å². The second kappa shape index (κ2) is 7.84. The van der Waals surface area contributed by atoms with Crippen molar-refractivity contribution in [3.8, 4) is 11.3 Å². The van der Waals surface area contributed by atoms with Gasteiger partial charge in [-0.1, -0.05) is 41.6 Å². The van der Waals surface area contributed by atoms with E-state index in [-0.39, 0.29) is 18.6 Å². The van der Waals surface area contributed by atoms with Crippen molar-refractivity contribution in [3.05, 3.63) is 29.8 Å². The predicted molar refractivity (Wildman–Crippen MR) is 101 cm³/mol. The summed E-state index contributed by atoms with van der Waals surface area (Å²) in [5.74, 6) is 0.327. The zero-order valence-corrected chi connectivity index (χ0v) is 16.8. The molecule has 10 heteroatoms. The molecule has 26 heavy (non-hydrogen) atoms. The van der Waals surface area contributed by atoms with Crippen molar-refractivity contribution in [1.29, 1.82) is 0 Å². The number of nitrogens with zero attached hydrogens (tertiary/aromatic N) is 5. The second-order valence-corrected chi connectivity index (χ2v) is 8.09. The fourth-order valence-corrected chi connectivity index (χ4v) is 4.44. The minimum atomic E-state index is -3.66. The van der Waals surface area contributed by atoms with Crippen LogP contribution in [0.15, 0.2) is 29.4 Å². The third-order valence-corrected chi connectivity index (χ3v) is 6.15. The lowest BCUT2D eigenvalue weighted by Crippen LogP contribution is -2.22. The highest BCUT2D eigenvalue weighted by Crippen LogP contribution is 2.48. The van der Waals surface area contributed by atoms with Gasteiger partial charge in [0.1, 0.15) is 5.69 Å². The molecular formula is C16H20N5O3PS. The maximum absolute atomic E-state index is 13.4. The summed E-state index contributed by atoms with van der Waals surface area (Å²) in [6.07, 6.45) is 1.87. The molecule has 0 fully saturated rings. The van der Waals surface area contributed by atoms with Crippen molar-refractivity contribution in [2.75, 3.05) is 19.5 Å².